The van der Waals surface area contributed by atoms with E-state index in [1.807, 2.05) is 55.4 Å². The monoisotopic (exact) mass is 406 g/mol. The van der Waals surface area contributed by atoms with Crippen LogP contribution in [0.3, 0.4) is 0 Å². The summed E-state index contributed by atoms with van der Waals surface area (Å²) < 4.78 is 11.3. The van der Waals surface area contributed by atoms with Crippen molar-refractivity contribution in [3.8, 4) is 5.75 Å². The summed E-state index contributed by atoms with van der Waals surface area (Å²) in [6.07, 6.45) is 0. The lowest BCUT2D eigenvalue weighted by atomic mass is 10.2. The SMILES string of the molecule is COc1ccccc1C1SCC(=O)N1CCSCc1ccc(CN(C)C)o1. The number of benzene rings is 1. The average Bonchev–Trinajstić information content (AvgIpc) is 3.24. The summed E-state index contributed by atoms with van der Waals surface area (Å²) in [5, 5.41) is 0.0320. The van der Waals surface area contributed by atoms with Gasteiger partial charge >= 0.3 is 0 Å². The maximum atomic E-state index is 12.4. The molecule has 1 saturated heterocycles. The largest absolute Gasteiger partial charge is 0.496 e. The molecule has 0 bridgehead atoms. The standard InChI is InChI=1S/C20H26N2O3S2/c1-21(2)12-15-8-9-16(25-15)13-26-11-10-22-19(23)14-27-20(22)17-6-4-5-7-18(17)24-3/h4-9,20H,10-14H2,1-3H3. The number of methoxy groups -OCH3 is 1. The van der Waals surface area contributed by atoms with Gasteiger partial charge in [0.1, 0.15) is 22.6 Å². The highest BCUT2D eigenvalue weighted by Crippen LogP contribution is 2.42. The topological polar surface area (TPSA) is 45.9 Å². The minimum absolute atomic E-state index is 0.0320. The number of thioether (sulfide) groups is 2. The Labute approximate surface area is 169 Å². The Hall–Kier alpha value is -1.57. The number of carbonyl (C=O) groups excluding carboxylic acids is 1. The second-order valence-electron chi connectivity index (χ2n) is 6.65. The van der Waals surface area contributed by atoms with Crippen molar-refractivity contribution in [3.05, 3.63) is 53.5 Å². The molecule has 1 aromatic carbocycles. The fraction of sp³-hybridized carbons (Fsp3) is 0.450. The first-order valence-electron chi connectivity index (χ1n) is 8.92. The van der Waals surface area contributed by atoms with Gasteiger partial charge in [-0.3, -0.25) is 4.79 Å². The van der Waals surface area contributed by atoms with Crippen LogP contribution in [-0.2, 0) is 17.1 Å². The van der Waals surface area contributed by atoms with E-state index in [1.54, 1.807) is 30.6 Å². The molecule has 1 atom stereocenters. The van der Waals surface area contributed by atoms with Gasteiger partial charge in [0.25, 0.3) is 0 Å². The summed E-state index contributed by atoms with van der Waals surface area (Å²) in [4.78, 5) is 16.4. The van der Waals surface area contributed by atoms with Crippen molar-refractivity contribution in [1.82, 2.24) is 9.80 Å². The number of hydrogen-bond acceptors (Lipinski definition) is 6. The van der Waals surface area contributed by atoms with Gasteiger partial charge in [0.15, 0.2) is 0 Å². The first-order chi connectivity index (χ1) is 13.1. The first-order valence-corrected chi connectivity index (χ1v) is 11.1. The molecule has 0 spiro atoms. The van der Waals surface area contributed by atoms with Crippen LogP contribution >= 0.6 is 23.5 Å². The van der Waals surface area contributed by atoms with Crippen molar-refractivity contribution >= 4 is 29.4 Å². The third-order valence-corrected chi connectivity index (χ3v) is 6.48. The zero-order chi connectivity index (χ0) is 19.2. The molecule has 0 N–H and O–H groups in total. The molecule has 146 valence electrons. The molecule has 1 fully saturated rings. The van der Waals surface area contributed by atoms with Gasteiger partial charge in [0.05, 0.1) is 25.2 Å². The van der Waals surface area contributed by atoms with Crippen LogP contribution in [-0.4, -0.2) is 55.0 Å². The predicted molar refractivity (Wildman–Crippen MR) is 112 cm³/mol. The van der Waals surface area contributed by atoms with Gasteiger partial charge in [0, 0.05) is 17.9 Å². The number of ether oxygens (including phenoxy) is 1. The fourth-order valence-corrected chi connectivity index (χ4v) is 5.13. The molecule has 7 heteroatoms. The predicted octanol–water partition coefficient (Wildman–Crippen LogP) is 3.86. The summed E-state index contributed by atoms with van der Waals surface area (Å²) in [7, 11) is 5.73. The van der Waals surface area contributed by atoms with Crippen molar-refractivity contribution in [3.63, 3.8) is 0 Å². The molecule has 1 aliphatic rings. The van der Waals surface area contributed by atoms with Crippen molar-refractivity contribution in [1.29, 1.82) is 0 Å². The average molecular weight is 407 g/mol. The molecular weight excluding hydrogens is 380 g/mol. The molecule has 27 heavy (non-hydrogen) atoms. The Morgan fingerprint density at radius 1 is 1.26 bits per heavy atom. The Balaban J connectivity index is 1.53. The maximum Gasteiger partial charge on any atom is 0.233 e. The van der Waals surface area contributed by atoms with E-state index < -0.39 is 0 Å². The summed E-state index contributed by atoms with van der Waals surface area (Å²) in [5.74, 6) is 5.23. The molecule has 2 aromatic rings. The van der Waals surface area contributed by atoms with Crippen molar-refractivity contribution in [2.75, 3.05) is 39.3 Å². The van der Waals surface area contributed by atoms with Crippen LogP contribution < -0.4 is 4.74 Å². The van der Waals surface area contributed by atoms with Crippen molar-refractivity contribution in [2.24, 2.45) is 0 Å². The second-order valence-corrected chi connectivity index (χ2v) is 8.82. The molecule has 0 radical (unpaired) electrons. The van der Waals surface area contributed by atoms with Gasteiger partial charge in [0.2, 0.25) is 5.91 Å². The van der Waals surface area contributed by atoms with E-state index >= 15 is 0 Å². The highest BCUT2D eigenvalue weighted by molar-refractivity contribution is 8.00. The van der Waals surface area contributed by atoms with E-state index in [-0.39, 0.29) is 11.3 Å². The van der Waals surface area contributed by atoms with Gasteiger partial charge in [-0.2, -0.15) is 11.8 Å². The fourth-order valence-electron chi connectivity index (χ4n) is 3.06. The summed E-state index contributed by atoms with van der Waals surface area (Å²) in [5.41, 5.74) is 1.07. The van der Waals surface area contributed by atoms with Crippen LogP contribution in [0, 0.1) is 0 Å². The summed E-state index contributed by atoms with van der Waals surface area (Å²) in [6, 6.07) is 12.0. The van der Waals surface area contributed by atoms with E-state index in [4.69, 9.17) is 9.15 Å². The first kappa shape index (κ1) is 20.2. The van der Waals surface area contributed by atoms with E-state index in [2.05, 4.69) is 4.90 Å². The molecule has 3 rings (SSSR count). The van der Waals surface area contributed by atoms with Crippen molar-refractivity contribution < 1.29 is 13.9 Å². The van der Waals surface area contributed by atoms with Gasteiger partial charge in [-0.25, -0.2) is 0 Å². The highest BCUT2D eigenvalue weighted by Gasteiger charge is 2.33. The minimum Gasteiger partial charge on any atom is -0.496 e. The lowest BCUT2D eigenvalue weighted by Gasteiger charge is -2.25. The van der Waals surface area contributed by atoms with Crippen LogP contribution in [0.2, 0.25) is 0 Å². The zero-order valence-corrected chi connectivity index (χ0v) is 17.6. The Morgan fingerprint density at radius 3 is 2.81 bits per heavy atom. The molecule has 2 heterocycles. The lowest BCUT2D eigenvalue weighted by Crippen LogP contribution is -2.30. The Morgan fingerprint density at radius 2 is 2.04 bits per heavy atom. The summed E-state index contributed by atoms with van der Waals surface area (Å²) >= 11 is 3.46. The molecule has 1 unspecified atom stereocenters. The van der Waals surface area contributed by atoms with E-state index in [0.29, 0.717) is 5.75 Å². The van der Waals surface area contributed by atoms with Crippen molar-refractivity contribution in [2.45, 2.75) is 17.7 Å². The normalized spacial score (nSPS) is 17.1. The smallest absolute Gasteiger partial charge is 0.233 e. The Bertz CT molecular complexity index is 763. The highest BCUT2D eigenvalue weighted by atomic mass is 32.2. The number of carbonyl (C=O) groups is 1. The molecular formula is C20H26N2O3S2. The van der Waals surface area contributed by atoms with Crippen LogP contribution in [0.15, 0.2) is 40.8 Å². The molecule has 5 nitrogen and oxygen atoms in total. The number of rotatable bonds is 9. The number of nitrogens with zero attached hydrogens (tertiary/aromatic N) is 2. The van der Waals surface area contributed by atoms with E-state index in [1.165, 1.54) is 0 Å². The zero-order valence-electron chi connectivity index (χ0n) is 16.0. The number of hydrogen-bond donors (Lipinski definition) is 0. The minimum atomic E-state index is 0.0320. The van der Waals surface area contributed by atoms with Gasteiger partial charge < -0.3 is 19.0 Å². The van der Waals surface area contributed by atoms with E-state index in [0.717, 1.165) is 47.4 Å². The van der Waals surface area contributed by atoms with E-state index in [9.17, 15) is 4.79 Å². The number of para-hydroxylation sites is 1. The molecule has 1 aromatic heterocycles. The molecule has 0 saturated carbocycles. The number of furan rings is 1. The maximum absolute atomic E-state index is 12.4. The third-order valence-electron chi connectivity index (χ3n) is 4.28. The second kappa shape index (κ2) is 9.57. The van der Waals surface area contributed by atoms with Gasteiger partial charge in [-0.15, -0.1) is 11.8 Å². The molecule has 1 aliphatic heterocycles. The van der Waals surface area contributed by atoms with Gasteiger partial charge in [-0.05, 0) is 32.3 Å². The summed E-state index contributed by atoms with van der Waals surface area (Å²) in [6.45, 7) is 1.54. The van der Waals surface area contributed by atoms with Gasteiger partial charge in [-0.1, -0.05) is 18.2 Å². The third kappa shape index (κ3) is 5.24. The van der Waals surface area contributed by atoms with Crippen LogP contribution in [0.25, 0.3) is 0 Å². The van der Waals surface area contributed by atoms with Crippen LogP contribution in [0.5, 0.6) is 5.75 Å². The van der Waals surface area contributed by atoms with Crippen LogP contribution in [0.1, 0.15) is 22.5 Å². The quantitative estimate of drug-likeness (QED) is 0.590. The van der Waals surface area contributed by atoms with Crippen LogP contribution in [0.4, 0.5) is 0 Å². The molecule has 0 aliphatic carbocycles. The number of amides is 1. The Kier molecular flexibility index (Phi) is 7.15. The molecule has 1 amide bonds. The lowest BCUT2D eigenvalue weighted by molar-refractivity contribution is -0.127.